The molecule has 162 valence electrons. The van der Waals surface area contributed by atoms with E-state index in [1.165, 1.54) is 17.7 Å². The van der Waals surface area contributed by atoms with Gasteiger partial charge in [0.25, 0.3) is 5.89 Å². The fourth-order valence-electron chi connectivity index (χ4n) is 4.52. The van der Waals surface area contributed by atoms with Crippen LogP contribution in [0.25, 0.3) is 11.6 Å². The highest BCUT2D eigenvalue weighted by atomic mass is 16.4. The Kier molecular flexibility index (Phi) is 5.26. The van der Waals surface area contributed by atoms with Crippen LogP contribution in [-0.4, -0.2) is 51.2 Å². The van der Waals surface area contributed by atoms with E-state index in [0.717, 1.165) is 44.1 Å². The van der Waals surface area contributed by atoms with Gasteiger partial charge in [0.15, 0.2) is 0 Å². The summed E-state index contributed by atoms with van der Waals surface area (Å²) in [6, 6.07) is 12.7. The molecule has 7 heteroatoms. The molecule has 1 amide bonds. The van der Waals surface area contributed by atoms with E-state index >= 15 is 0 Å². The summed E-state index contributed by atoms with van der Waals surface area (Å²) in [6.07, 6.45) is 5.37. The van der Waals surface area contributed by atoms with Crippen LogP contribution in [0, 0.1) is 6.92 Å². The van der Waals surface area contributed by atoms with E-state index in [9.17, 15) is 4.79 Å². The second kappa shape index (κ2) is 8.21. The number of aromatic nitrogens is 3. The summed E-state index contributed by atoms with van der Waals surface area (Å²) in [6.45, 7) is 6.85. The van der Waals surface area contributed by atoms with Crippen molar-refractivity contribution in [2.45, 2.75) is 51.6 Å². The van der Waals surface area contributed by atoms with Gasteiger partial charge in [-0.1, -0.05) is 18.6 Å². The lowest BCUT2D eigenvalue weighted by atomic mass is 9.85. The van der Waals surface area contributed by atoms with E-state index < -0.39 is 0 Å². The van der Waals surface area contributed by atoms with Crippen molar-refractivity contribution in [3.05, 3.63) is 54.0 Å². The fraction of sp³-hybridized carbons (Fsp3) is 0.458. The summed E-state index contributed by atoms with van der Waals surface area (Å²) in [7, 11) is 0. The van der Waals surface area contributed by atoms with Gasteiger partial charge in [0, 0.05) is 43.5 Å². The van der Waals surface area contributed by atoms with Gasteiger partial charge in [0.2, 0.25) is 11.8 Å². The van der Waals surface area contributed by atoms with E-state index in [2.05, 4.69) is 53.2 Å². The molecule has 1 saturated heterocycles. The summed E-state index contributed by atoms with van der Waals surface area (Å²) in [5.41, 5.74) is 3.29. The van der Waals surface area contributed by atoms with Gasteiger partial charge in [-0.3, -0.25) is 4.79 Å². The molecule has 3 aromatic rings. The number of hydrogen-bond donors (Lipinski definition) is 0. The largest absolute Gasteiger partial charge is 0.419 e. The Balaban J connectivity index is 1.24. The van der Waals surface area contributed by atoms with Crippen molar-refractivity contribution in [1.29, 1.82) is 0 Å². The molecule has 2 aromatic heterocycles. The van der Waals surface area contributed by atoms with Crippen LogP contribution < -0.4 is 4.90 Å². The van der Waals surface area contributed by atoms with Crippen LogP contribution >= 0.6 is 0 Å². The third kappa shape index (κ3) is 3.96. The molecular formula is C24H29N5O2. The molecule has 0 radical (unpaired) electrons. The highest BCUT2D eigenvalue weighted by Gasteiger charge is 2.28. The monoisotopic (exact) mass is 419 g/mol. The average molecular weight is 420 g/mol. The minimum absolute atomic E-state index is 0.118. The number of amides is 1. The molecule has 7 nitrogen and oxygen atoms in total. The molecule has 0 unspecified atom stereocenters. The quantitative estimate of drug-likeness (QED) is 0.628. The number of carbonyl (C=O) groups is 1. The minimum Gasteiger partial charge on any atom is -0.419 e. The predicted molar refractivity (Wildman–Crippen MR) is 119 cm³/mol. The van der Waals surface area contributed by atoms with E-state index in [0.29, 0.717) is 11.8 Å². The third-order valence-corrected chi connectivity index (χ3v) is 6.56. The number of hydrogen-bond acceptors (Lipinski definition) is 5. The lowest BCUT2D eigenvalue weighted by Crippen LogP contribution is -2.54. The number of benzene rings is 1. The van der Waals surface area contributed by atoms with E-state index in [4.69, 9.17) is 4.42 Å². The predicted octanol–water partition coefficient (Wildman–Crippen LogP) is 3.85. The van der Waals surface area contributed by atoms with Gasteiger partial charge in [-0.25, -0.2) is 0 Å². The Morgan fingerprint density at radius 2 is 2.03 bits per heavy atom. The van der Waals surface area contributed by atoms with Gasteiger partial charge in [-0.15, -0.1) is 10.2 Å². The zero-order valence-electron chi connectivity index (χ0n) is 18.2. The van der Waals surface area contributed by atoms with Crippen LogP contribution in [0.1, 0.15) is 43.6 Å². The molecule has 31 heavy (non-hydrogen) atoms. The molecule has 5 rings (SSSR count). The number of aryl methyl sites for hydroxylation is 1. The Morgan fingerprint density at radius 3 is 2.77 bits per heavy atom. The number of carbonyl (C=O) groups excluding carboxylic acids is 1. The summed E-state index contributed by atoms with van der Waals surface area (Å²) >= 11 is 0. The number of rotatable bonds is 5. The van der Waals surface area contributed by atoms with Crippen LogP contribution in [0.2, 0.25) is 0 Å². The molecule has 0 spiro atoms. The molecule has 1 aliphatic carbocycles. The third-order valence-electron chi connectivity index (χ3n) is 6.56. The maximum Gasteiger partial charge on any atom is 0.264 e. The van der Waals surface area contributed by atoms with Gasteiger partial charge in [-0.2, -0.15) is 0 Å². The maximum atomic E-state index is 13.1. The summed E-state index contributed by atoms with van der Waals surface area (Å²) in [4.78, 5) is 17.4. The second-order valence-corrected chi connectivity index (χ2v) is 8.82. The molecule has 2 fully saturated rings. The molecule has 1 aliphatic heterocycles. The first-order valence-electron chi connectivity index (χ1n) is 11.2. The minimum atomic E-state index is 0.118. The summed E-state index contributed by atoms with van der Waals surface area (Å²) in [5, 5.41) is 8.46. The zero-order valence-corrected chi connectivity index (χ0v) is 18.2. The van der Waals surface area contributed by atoms with Gasteiger partial charge >= 0.3 is 0 Å². The first-order valence-corrected chi connectivity index (χ1v) is 11.2. The molecule has 2 aliphatic rings. The van der Waals surface area contributed by atoms with Crippen molar-refractivity contribution in [1.82, 2.24) is 19.7 Å². The molecule has 1 saturated carbocycles. The van der Waals surface area contributed by atoms with E-state index in [-0.39, 0.29) is 18.5 Å². The van der Waals surface area contributed by atoms with Crippen LogP contribution in [0.3, 0.4) is 0 Å². The highest BCUT2D eigenvalue weighted by Crippen LogP contribution is 2.36. The van der Waals surface area contributed by atoms with Crippen LogP contribution in [0.5, 0.6) is 0 Å². The van der Waals surface area contributed by atoms with Crippen molar-refractivity contribution < 1.29 is 9.21 Å². The fourth-order valence-corrected chi connectivity index (χ4v) is 4.52. The number of nitrogens with zero attached hydrogens (tertiary/aromatic N) is 5. The Hall–Kier alpha value is -3.09. The van der Waals surface area contributed by atoms with Crippen molar-refractivity contribution in [3.8, 4) is 11.6 Å². The van der Waals surface area contributed by atoms with E-state index in [1.807, 2.05) is 27.8 Å². The van der Waals surface area contributed by atoms with Crippen LogP contribution in [0.15, 0.2) is 47.0 Å². The maximum absolute atomic E-state index is 13.1. The van der Waals surface area contributed by atoms with Gasteiger partial charge in [0.1, 0.15) is 12.2 Å². The standard InChI is InChI=1S/C24H29N5O2/c1-17-6-3-9-20(14-17)29-13-12-28(15-18(29)2)22(30)16-27-11-5-10-21(27)24-26-25-23(31-24)19-7-4-8-19/h3,5-6,9-11,14,18-19H,4,7-8,12-13,15-16H2,1-2H3/t18-/m0/s1. The van der Waals surface area contributed by atoms with Gasteiger partial charge in [-0.05, 0) is 56.5 Å². The summed E-state index contributed by atoms with van der Waals surface area (Å²) < 4.78 is 7.83. The zero-order chi connectivity index (χ0) is 21.4. The molecule has 0 N–H and O–H groups in total. The second-order valence-electron chi connectivity index (χ2n) is 8.82. The molecule has 0 bridgehead atoms. The first-order chi connectivity index (χ1) is 15.1. The molecular weight excluding hydrogens is 390 g/mol. The molecule has 1 aromatic carbocycles. The Labute approximate surface area is 182 Å². The lowest BCUT2D eigenvalue weighted by Gasteiger charge is -2.41. The molecule has 3 heterocycles. The Morgan fingerprint density at radius 1 is 1.16 bits per heavy atom. The van der Waals surface area contributed by atoms with Gasteiger partial charge < -0.3 is 18.8 Å². The van der Waals surface area contributed by atoms with Crippen molar-refractivity contribution >= 4 is 11.6 Å². The number of piperazine rings is 1. The van der Waals surface area contributed by atoms with Crippen LogP contribution in [-0.2, 0) is 11.3 Å². The average Bonchev–Trinajstić information content (AvgIpc) is 3.36. The van der Waals surface area contributed by atoms with Crippen molar-refractivity contribution in [3.63, 3.8) is 0 Å². The normalized spacial score (nSPS) is 19.5. The van der Waals surface area contributed by atoms with E-state index in [1.54, 1.807) is 0 Å². The first kappa shape index (κ1) is 19.8. The number of anilines is 1. The lowest BCUT2D eigenvalue weighted by molar-refractivity contribution is -0.132. The van der Waals surface area contributed by atoms with Crippen molar-refractivity contribution in [2.24, 2.45) is 0 Å². The van der Waals surface area contributed by atoms with Crippen molar-refractivity contribution in [2.75, 3.05) is 24.5 Å². The Bertz CT molecular complexity index is 1070. The van der Waals surface area contributed by atoms with Crippen LogP contribution in [0.4, 0.5) is 5.69 Å². The highest BCUT2D eigenvalue weighted by molar-refractivity contribution is 5.77. The smallest absolute Gasteiger partial charge is 0.264 e. The molecule has 1 atom stereocenters. The topological polar surface area (TPSA) is 67.4 Å². The SMILES string of the molecule is Cc1cccc(N2CCN(C(=O)Cn3cccc3-c3nnc(C4CCC4)o3)C[C@@H]2C)c1. The summed E-state index contributed by atoms with van der Waals surface area (Å²) in [5.74, 6) is 1.74. The van der Waals surface area contributed by atoms with Gasteiger partial charge in [0.05, 0.1) is 0 Å².